The Kier molecular flexibility index (Phi) is 5.70. The zero-order chi connectivity index (χ0) is 25.5. The topological polar surface area (TPSA) is 80.3 Å². The van der Waals surface area contributed by atoms with Gasteiger partial charge in [-0.3, -0.25) is 4.68 Å². The van der Waals surface area contributed by atoms with Gasteiger partial charge in [-0.15, -0.1) is 0 Å². The van der Waals surface area contributed by atoms with Crippen LogP contribution in [0, 0.1) is 17.5 Å². The number of hydrogen-bond acceptors (Lipinski definition) is 7. The Morgan fingerprint density at radius 3 is 2.16 bits per heavy atom. The predicted octanol–water partition coefficient (Wildman–Crippen LogP) is 3.25. The molecule has 0 N–H and O–H groups in total. The zero-order valence-electron chi connectivity index (χ0n) is 19.9. The number of fused-ring (bicyclic) bond motifs is 1. The second-order valence-electron chi connectivity index (χ2n) is 8.94. The average Bonchev–Trinajstić information content (AvgIpc) is 3.53. The monoisotopic (exact) mass is 505 g/mol. The lowest BCUT2D eigenvalue weighted by Crippen LogP contribution is -2.47. The van der Waals surface area contributed by atoms with Crippen LogP contribution < -0.4 is 9.80 Å². The van der Waals surface area contributed by atoms with Crippen molar-refractivity contribution in [2.75, 3.05) is 36.0 Å². The molecule has 1 fully saturated rings. The normalized spacial score (nSPS) is 14.1. The highest BCUT2D eigenvalue weighted by molar-refractivity contribution is 5.77. The fraction of sp³-hybridized carbons (Fsp3) is 0.240. The number of aromatic nitrogens is 7. The van der Waals surface area contributed by atoms with Crippen molar-refractivity contribution in [2.45, 2.75) is 6.42 Å². The van der Waals surface area contributed by atoms with E-state index in [1.54, 1.807) is 23.4 Å². The summed E-state index contributed by atoms with van der Waals surface area (Å²) in [7, 11) is 1.88. The van der Waals surface area contributed by atoms with E-state index in [1.807, 2.05) is 30.2 Å². The Balaban J connectivity index is 1.14. The summed E-state index contributed by atoms with van der Waals surface area (Å²) in [6.45, 7) is 2.76. The number of benzene rings is 1. The van der Waals surface area contributed by atoms with Gasteiger partial charge >= 0.3 is 0 Å². The van der Waals surface area contributed by atoms with E-state index in [4.69, 9.17) is 0 Å². The average molecular weight is 506 g/mol. The van der Waals surface area contributed by atoms with E-state index in [9.17, 15) is 13.2 Å². The number of hydrogen-bond donors (Lipinski definition) is 0. The van der Waals surface area contributed by atoms with Crippen LogP contribution in [0.1, 0.15) is 11.1 Å². The predicted molar refractivity (Wildman–Crippen MR) is 131 cm³/mol. The van der Waals surface area contributed by atoms with Crippen molar-refractivity contribution in [1.82, 2.24) is 34.3 Å². The molecule has 0 amide bonds. The zero-order valence-corrected chi connectivity index (χ0v) is 19.9. The molecule has 9 nitrogen and oxygen atoms in total. The molecule has 4 aromatic heterocycles. The molecule has 1 aliphatic rings. The van der Waals surface area contributed by atoms with Gasteiger partial charge in [0.2, 0.25) is 5.95 Å². The molecule has 37 heavy (non-hydrogen) atoms. The Bertz CT molecular complexity index is 1550. The van der Waals surface area contributed by atoms with Crippen molar-refractivity contribution in [3.05, 3.63) is 84.1 Å². The lowest BCUT2D eigenvalue weighted by atomic mass is 10.1. The molecule has 0 atom stereocenters. The SMILES string of the molecule is Cn1cc(-c2cc3c(N4CCN(c5ncc(Cc6c(F)cc(F)cc6F)cn5)CC4)ncnn3c2)cn1. The minimum absolute atomic E-state index is 0.0614. The van der Waals surface area contributed by atoms with E-state index < -0.39 is 17.5 Å². The summed E-state index contributed by atoms with van der Waals surface area (Å²) in [5, 5.41) is 8.61. The second kappa shape index (κ2) is 9.19. The molecule has 0 spiro atoms. The molecule has 1 saturated heterocycles. The number of piperazine rings is 1. The first-order valence-corrected chi connectivity index (χ1v) is 11.7. The molecule has 0 radical (unpaired) electrons. The van der Waals surface area contributed by atoms with Gasteiger partial charge in [0, 0.05) is 93.3 Å². The first kappa shape index (κ1) is 23.0. The van der Waals surface area contributed by atoms with E-state index in [0.29, 0.717) is 49.8 Å². The maximum atomic E-state index is 14.0. The maximum absolute atomic E-state index is 14.0. The van der Waals surface area contributed by atoms with Crippen LogP contribution in [-0.4, -0.2) is 60.5 Å². The number of halogens is 3. The summed E-state index contributed by atoms with van der Waals surface area (Å²) in [5.41, 5.74) is 3.26. The lowest BCUT2D eigenvalue weighted by Gasteiger charge is -2.35. The van der Waals surface area contributed by atoms with Gasteiger partial charge in [-0.2, -0.15) is 10.2 Å². The summed E-state index contributed by atoms with van der Waals surface area (Å²) in [5.74, 6) is -1.40. The number of nitrogens with zero attached hydrogens (tertiary/aromatic N) is 9. The third-order valence-electron chi connectivity index (χ3n) is 6.46. The highest BCUT2D eigenvalue weighted by Gasteiger charge is 2.23. The van der Waals surface area contributed by atoms with Gasteiger partial charge in [0.1, 0.15) is 29.3 Å². The minimum atomic E-state index is -0.946. The van der Waals surface area contributed by atoms with E-state index >= 15 is 0 Å². The molecule has 5 heterocycles. The Labute approximate surface area is 209 Å². The smallest absolute Gasteiger partial charge is 0.225 e. The Morgan fingerprint density at radius 2 is 1.49 bits per heavy atom. The van der Waals surface area contributed by atoms with Crippen molar-refractivity contribution < 1.29 is 13.2 Å². The molecule has 0 bridgehead atoms. The second-order valence-corrected chi connectivity index (χ2v) is 8.94. The molecule has 6 rings (SSSR count). The largest absolute Gasteiger partial charge is 0.351 e. The number of aryl methyl sites for hydroxylation is 1. The summed E-state index contributed by atoms with van der Waals surface area (Å²) in [4.78, 5) is 17.6. The first-order chi connectivity index (χ1) is 17.9. The summed E-state index contributed by atoms with van der Waals surface area (Å²) in [6.07, 6.45) is 10.3. The van der Waals surface area contributed by atoms with Crippen molar-refractivity contribution in [1.29, 1.82) is 0 Å². The van der Waals surface area contributed by atoms with Crippen LogP contribution in [0.3, 0.4) is 0 Å². The Morgan fingerprint density at radius 1 is 0.784 bits per heavy atom. The third-order valence-corrected chi connectivity index (χ3v) is 6.46. The third kappa shape index (κ3) is 4.46. The number of anilines is 2. The highest BCUT2D eigenvalue weighted by Crippen LogP contribution is 2.27. The van der Waals surface area contributed by atoms with Crippen molar-refractivity contribution >= 4 is 17.3 Å². The van der Waals surface area contributed by atoms with Gasteiger partial charge in [-0.25, -0.2) is 32.6 Å². The van der Waals surface area contributed by atoms with Crippen LogP contribution in [-0.2, 0) is 13.5 Å². The molecular formula is C25H22F3N9. The standard InChI is InChI=1S/C25H22F3N9/c1-34-13-18(12-32-34)17-7-23-24(31-15-33-37(23)14-17)35-2-4-36(5-3-35)25-29-10-16(11-30-25)6-20-21(27)8-19(26)9-22(20)28/h7-15H,2-6H2,1H3. The van der Waals surface area contributed by atoms with Crippen molar-refractivity contribution in [2.24, 2.45) is 7.05 Å². The fourth-order valence-electron chi connectivity index (χ4n) is 4.55. The van der Waals surface area contributed by atoms with Crippen molar-refractivity contribution in [3.8, 4) is 11.1 Å². The van der Waals surface area contributed by atoms with Gasteiger partial charge < -0.3 is 9.80 Å². The molecular weight excluding hydrogens is 483 g/mol. The highest BCUT2D eigenvalue weighted by atomic mass is 19.1. The number of rotatable bonds is 5. The molecule has 0 aliphatic carbocycles. The lowest BCUT2D eigenvalue weighted by molar-refractivity contribution is 0.527. The first-order valence-electron chi connectivity index (χ1n) is 11.7. The van der Waals surface area contributed by atoms with Gasteiger partial charge in [0.05, 0.1) is 6.20 Å². The molecule has 5 aromatic rings. The van der Waals surface area contributed by atoms with E-state index in [-0.39, 0.29) is 12.0 Å². The molecule has 0 saturated carbocycles. The van der Waals surface area contributed by atoms with Gasteiger partial charge in [-0.05, 0) is 11.6 Å². The molecule has 1 aliphatic heterocycles. The Hall–Kier alpha value is -4.48. The summed E-state index contributed by atoms with van der Waals surface area (Å²) >= 11 is 0. The summed E-state index contributed by atoms with van der Waals surface area (Å²) in [6, 6.07) is 3.41. The van der Waals surface area contributed by atoms with Crippen molar-refractivity contribution in [3.63, 3.8) is 0 Å². The van der Waals surface area contributed by atoms with E-state index in [2.05, 4.69) is 41.0 Å². The van der Waals surface area contributed by atoms with Gasteiger partial charge in [0.25, 0.3) is 0 Å². The molecule has 0 unspecified atom stereocenters. The van der Waals surface area contributed by atoms with E-state index in [0.717, 1.165) is 22.5 Å². The van der Waals surface area contributed by atoms with Crippen LogP contribution >= 0.6 is 0 Å². The van der Waals surface area contributed by atoms with Gasteiger partial charge in [-0.1, -0.05) is 0 Å². The minimum Gasteiger partial charge on any atom is -0.351 e. The molecule has 12 heteroatoms. The summed E-state index contributed by atoms with van der Waals surface area (Å²) < 4.78 is 44.7. The molecule has 1 aromatic carbocycles. The maximum Gasteiger partial charge on any atom is 0.225 e. The van der Waals surface area contributed by atoms with Crippen LogP contribution in [0.25, 0.3) is 16.6 Å². The van der Waals surface area contributed by atoms with Crippen LogP contribution in [0.15, 0.2) is 55.5 Å². The van der Waals surface area contributed by atoms with Crippen LogP contribution in [0.2, 0.25) is 0 Å². The van der Waals surface area contributed by atoms with Gasteiger partial charge in [0.15, 0.2) is 5.82 Å². The van der Waals surface area contributed by atoms with Crippen LogP contribution in [0.5, 0.6) is 0 Å². The molecule has 188 valence electrons. The quantitative estimate of drug-likeness (QED) is 0.363. The van der Waals surface area contributed by atoms with E-state index in [1.165, 1.54) is 0 Å². The fourth-order valence-corrected chi connectivity index (χ4v) is 4.55. The van der Waals surface area contributed by atoms with Crippen LogP contribution in [0.4, 0.5) is 24.9 Å².